The Bertz CT molecular complexity index is 615. The van der Waals surface area contributed by atoms with Crippen molar-refractivity contribution in [3.8, 4) is 0 Å². The summed E-state index contributed by atoms with van der Waals surface area (Å²) in [5.41, 5.74) is 8.74. The van der Waals surface area contributed by atoms with Crippen LogP contribution < -0.4 is 11.1 Å². The molecule has 6 nitrogen and oxygen atoms in total. The summed E-state index contributed by atoms with van der Waals surface area (Å²) in [7, 11) is 0. The van der Waals surface area contributed by atoms with E-state index in [0.29, 0.717) is 12.5 Å². The van der Waals surface area contributed by atoms with Crippen molar-refractivity contribution in [3.63, 3.8) is 0 Å². The zero-order valence-corrected chi connectivity index (χ0v) is 17.4. The summed E-state index contributed by atoms with van der Waals surface area (Å²) in [4.78, 5) is 9.59. The Morgan fingerprint density at radius 1 is 1.18 bits per heavy atom. The van der Waals surface area contributed by atoms with E-state index >= 15 is 0 Å². The lowest BCUT2D eigenvalue weighted by atomic mass is 9.99. The van der Waals surface area contributed by atoms with Crippen LogP contribution in [0.2, 0.25) is 0 Å². The number of hydrogen-bond donors (Lipinski definition) is 2. The molecule has 2 aliphatic rings. The fraction of sp³-hybridized carbons (Fsp3) is 0.682. The Morgan fingerprint density at radius 2 is 1.96 bits per heavy atom. The molecule has 0 saturated carbocycles. The first-order valence-corrected chi connectivity index (χ1v) is 10.8. The zero-order chi connectivity index (χ0) is 19.6. The lowest BCUT2D eigenvalue weighted by Crippen LogP contribution is -2.39. The second-order valence-electron chi connectivity index (χ2n) is 8.19. The number of rotatable bonds is 8. The van der Waals surface area contributed by atoms with Gasteiger partial charge in [0.2, 0.25) is 0 Å². The van der Waals surface area contributed by atoms with Crippen LogP contribution in [0.15, 0.2) is 29.3 Å². The van der Waals surface area contributed by atoms with Crippen molar-refractivity contribution in [2.24, 2.45) is 16.6 Å². The van der Waals surface area contributed by atoms with Gasteiger partial charge in [0.1, 0.15) is 0 Å². The molecule has 1 unspecified atom stereocenters. The maximum absolute atomic E-state index is 6.09. The smallest absolute Gasteiger partial charge is 0.188 e. The lowest BCUT2D eigenvalue weighted by Gasteiger charge is -2.31. The second-order valence-corrected chi connectivity index (χ2v) is 8.19. The molecular weight excluding hydrogens is 350 g/mol. The number of nitrogens with two attached hydrogens (primary N) is 1. The first kappa shape index (κ1) is 21.1. The Kier molecular flexibility index (Phi) is 8.58. The first-order chi connectivity index (χ1) is 13.7. The highest BCUT2D eigenvalue weighted by Gasteiger charge is 2.17. The molecule has 2 fully saturated rings. The van der Waals surface area contributed by atoms with Crippen LogP contribution in [-0.4, -0.2) is 68.2 Å². The summed E-state index contributed by atoms with van der Waals surface area (Å²) in [6.07, 6.45) is 3.74. The Balaban J connectivity index is 1.42. The van der Waals surface area contributed by atoms with Gasteiger partial charge >= 0.3 is 0 Å². The quantitative estimate of drug-likeness (QED) is 0.406. The van der Waals surface area contributed by atoms with Gasteiger partial charge in [-0.3, -0.25) is 9.80 Å². The predicted molar refractivity (Wildman–Crippen MR) is 115 cm³/mol. The van der Waals surface area contributed by atoms with Gasteiger partial charge in [0, 0.05) is 32.7 Å². The number of nitrogens with one attached hydrogen (secondary N) is 1. The zero-order valence-electron chi connectivity index (χ0n) is 17.4. The number of aliphatic imine (C=N–C) groups is 1. The largest absolute Gasteiger partial charge is 0.379 e. The fourth-order valence-corrected chi connectivity index (χ4v) is 4.11. The van der Waals surface area contributed by atoms with Crippen LogP contribution in [0.5, 0.6) is 0 Å². The summed E-state index contributed by atoms with van der Waals surface area (Å²) >= 11 is 0. The molecule has 2 heterocycles. The highest BCUT2D eigenvalue weighted by Crippen LogP contribution is 2.19. The van der Waals surface area contributed by atoms with Gasteiger partial charge in [-0.25, -0.2) is 4.99 Å². The van der Waals surface area contributed by atoms with Crippen molar-refractivity contribution >= 4 is 5.96 Å². The van der Waals surface area contributed by atoms with Gasteiger partial charge in [0.05, 0.1) is 19.8 Å². The molecule has 3 rings (SSSR count). The standard InChI is InChI=1S/C22H37N5O/c1-19-6-4-10-27(17-19)18-21-8-3-2-7-20(21)16-25-22(23)24-9-5-11-26-12-14-28-15-13-26/h2-3,7-8,19H,4-6,9-18H2,1H3,(H3,23,24,25). The molecule has 0 amide bonds. The minimum absolute atomic E-state index is 0.545. The predicted octanol–water partition coefficient (Wildman–Crippen LogP) is 2.05. The molecule has 0 radical (unpaired) electrons. The number of likely N-dealkylation sites (tertiary alicyclic amines) is 1. The van der Waals surface area contributed by atoms with Gasteiger partial charge in [0.25, 0.3) is 0 Å². The molecule has 0 spiro atoms. The van der Waals surface area contributed by atoms with Crippen LogP contribution in [0, 0.1) is 5.92 Å². The monoisotopic (exact) mass is 387 g/mol. The lowest BCUT2D eigenvalue weighted by molar-refractivity contribution is 0.0376. The highest BCUT2D eigenvalue weighted by atomic mass is 16.5. The molecule has 0 aliphatic carbocycles. The van der Waals surface area contributed by atoms with Crippen molar-refractivity contribution in [1.82, 2.24) is 15.1 Å². The second kappa shape index (κ2) is 11.4. The summed E-state index contributed by atoms with van der Waals surface area (Å²) in [6.45, 7) is 12.1. The molecule has 3 N–H and O–H groups in total. The Labute approximate surface area is 170 Å². The number of nitrogens with zero attached hydrogens (tertiary/aromatic N) is 3. The van der Waals surface area contributed by atoms with Crippen molar-refractivity contribution < 1.29 is 4.74 Å². The molecule has 2 aliphatic heterocycles. The molecule has 6 heteroatoms. The van der Waals surface area contributed by atoms with Crippen LogP contribution in [-0.2, 0) is 17.8 Å². The molecular formula is C22H37N5O. The van der Waals surface area contributed by atoms with Gasteiger partial charge in [-0.05, 0) is 49.4 Å². The minimum Gasteiger partial charge on any atom is -0.379 e. The van der Waals surface area contributed by atoms with E-state index in [1.807, 2.05) is 0 Å². The van der Waals surface area contributed by atoms with E-state index in [2.05, 4.69) is 51.3 Å². The summed E-state index contributed by atoms with van der Waals surface area (Å²) in [5, 5.41) is 3.26. The van der Waals surface area contributed by atoms with E-state index in [9.17, 15) is 0 Å². The number of benzene rings is 1. The van der Waals surface area contributed by atoms with Crippen molar-refractivity contribution in [2.75, 3.05) is 52.5 Å². The van der Waals surface area contributed by atoms with Crippen LogP contribution >= 0.6 is 0 Å². The molecule has 1 aromatic rings. The minimum atomic E-state index is 0.545. The first-order valence-electron chi connectivity index (χ1n) is 10.8. The maximum Gasteiger partial charge on any atom is 0.188 e. The topological polar surface area (TPSA) is 66.1 Å². The molecule has 2 saturated heterocycles. The summed E-state index contributed by atoms with van der Waals surface area (Å²) in [6, 6.07) is 8.64. The van der Waals surface area contributed by atoms with E-state index in [1.165, 1.54) is 37.1 Å². The average molecular weight is 388 g/mol. The van der Waals surface area contributed by atoms with Gasteiger partial charge in [-0.2, -0.15) is 0 Å². The van der Waals surface area contributed by atoms with Crippen LogP contribution in [0.1, 0.15) is 37.3 Å². The molecule has 1 aromatic carbocycles. The number of guanidine groups is 1. The maximum atomic E-state index is 6.09. The Morgan fingerprint density at radius 3 is 2.75 bits per heavy atom. The van der Waals surface area contributed by atoms with E-state index in [0.717, 1.165) is 58.3 Å². The van der Waals surface area contributed by atoms with Gasteiger partial charge < -0.3 is 15.8 Å². The summed E-state index contributed by atoms with van der Waals surface area (Å²) < 4.78 is 5.38. The van der Waals surface area contributed by atoms with Crippen molar-refractivity contribution in [1.29, 1.82) is 0 Å². The average Bonchev–Trinajstić information content (AvgIpc) is 2.71. The molecule has 0 bridgehead atoms. The molecule has 28 heavy (non-hydrogen) atoms. The SMILES string of the molecule is CC1CCCN(Cc2ccccc2CN=C(N)NCCCN2CCOCC2)C1. The van der Waals surface area contributed by atoms with Crippen LogP contribution in [0.3, 0.4) is 0 Å². The van der Waals surface area contributed by atoms with Gasteiger partial charge in [0.15, 0.2) is 5.96 Å². The van der Waals surface area contributed by atoms with Crippen molar-refractivity contribution in [3.05, 3.63) is 35.4 Å². The Hall–Kier alpha value is -1.63. The third-order valence-corrected chi connectivity index (χ3v) is 5.73. The number of ether oxygens (including phenoxy) is 1. The highest BCUT2D eigenvalue weighted by molar-refractivity contribution is 5.77. The van der Waals surface area contributed by atoms with Gasteiger partial charge in [-0.1, -0.05) is 31.2 Å². The van der Waals surface area contributed by atoms with E-state index in [4.69, 9.17) is 10.5 Å². The normalized spacial score (nSPS) is 22.3. The molecule has 1 atom stereocenters. The molecule has 0 aromatic heterocycles. The number of hydrogen-bond acceptors (Lipinski definition) is 4. The third kappa shape index (κ3) is 7.08. The third-order valence-electron chi connectivity index (χ3n) is 5.73. The van der Waals surface area contributed by atoms with E-state index in [1.54, 1.807) is 0 Å². The van der Waals surface area contributed by atoms with Crippen LogP contribution in [0.25, 0.3) is 0 Å². The van der Waals surface area contributed by atoms with E-state index < -0.39 is 0 Å². The summed E-state index contributed by atoms with van der Waals surface area (Å²) in [5.74, 6) is 1.35. The van der Waals surface area contributed by atoms with E-state index in [-0.39, 0.29) is 0 Å². The van der Waals surface area contributed by atoms with Gasteiger partial charge in [-0.15, -0.1) is 0 Å². The number of piperidine rings is 1. The van der Waals surface area contributed by atoms with Crippen LogP contribution in [0.4, 0.5) is 0 Å². The fourth-order valence-electron chi connectivity index (χ4n) is 4.11. The number of morpholine rings is 1. The molecule has 156 valence electrons. The van der Waals surface area contributed by atoms with Crippen molar-refractivity contribution in [2.45, 2.75) is 39.3 Å².